The number of aliphatic hydroxyl groups excluding tert-OH is 1. The van der Waals surface area contributed by atoms with Gasteiger partial charge < -0.3 is 14.7 Å². The number of likely N-dealkylation sites (N-methyl/N-ethyl adjacent to an activating group) is 1. The van der Waals surface area contributed by atoms with Gasteiger partial charge in [-0.05, 0) is 31.0 Å². The van der Waals surface area contributed by atoms with Crippen molar-refractivity contribution in [3.8, 4) is 17.6 Å². The van der Waals surface area contributed by atoms with E-state index in [1.165, 1.54) is 10.4 Å². The van der Waals surface area contributed by atoms with Crippen LogP contribution < -0.4 is 4.74 Å². The number of hydrogen-bond acceptors (Lipinski definition) is 5. The van der Waals surface area contributed by atoms with Crippen molar-refractivity contribution in [1.29, 1.82) is 0 Å². The number of fused-ring (bicyclic) bond motifs is 1. The van der Waals surface area contributed by atoms with Crippen LogP contribution in [0.15, 0.2) is 23.1 Å². The van der Waals surface area contributed by atoms with Gasteiger partial charge in [-0.15, -0.1) is 0 Å². The number of benzene rings is 1. The van der Waals surface area contributed by atoms with Crippen LogP contribution in [-0.4, -0.2) is 67.5 Å². The molecule has 178 valence electrons. The summed E-state index contributed by atoms with van der Waals surface area (Å²) in [5.41, 5.74) is 0.673. The minimum atomic E-state index is -3.89. The Labute approximate surface area is 192 Å². The largest absolute Gasteiger partial charge is 0.487 e. The van der Waals surface area contributed by atoms with Gasteiger partial charge in [-0.1, -0.05) is 39.5 Å². The first-order valence-corrected chi connectivity index (χ1v) is 12.6. The topological polar surface area (TPSA) is 87.2 Å². The summed E-state index contributed by atoms with van der Waals surface area (Å²) in [5.74, 6) is 6.65. The summed E-state index contributed by atoms with van der Waals surface area (Å²) in [6.45, 7) is 9.77. The highest BCUT2D eigenvalue weighted by Crippen LogP contribution is 2.34. The van der Waals surface area contributed by atoms with E-state index in [-0.39, 0.29) is 35.6 Å². The molecule has 0 saturated carbocycles. The van der Waals surface area contributed by atoms with Gasteiger partial charge in [-0.25, -0.2) is 8.42 Å². The summed E-state index contributed by atoms with van der Waals surface area (Å²) >= 11 is 0. The van der Waals surface area contributed by atoms with Crippen LogP contribution in [0.1, 0.15) is 53.0 Å². The van der Waals surface area contributed by atoms with Crippen LogP contribution in [0.2, 0.25) is 0 Å². The van der Waals surface area contributed by atoms with E-state index in [1.54, 1.807) is 37.9 Å². The Morgan fingerprint density at radius 3 is 2.62 bits per heavy atom. The van der Waals surface area contributed by atoms with Crippen molar-refractivity contribution in [3.63, 3.8) is 0 Å². The molecule has 0 aliphatic carbocycles. The fourth-order valence-electron chi connectivity index (χ4n) is 3.52. The predicted molar refractivity (Wildman–Crippen MR) is 125 cm³/mol. The molecule has 0 saturated heterocycles. The van der Waals surface area contributed by atoms with Gasteiger partial charge in [0, 0.05) is 44.0 Å². The first-order chi connectivity index (χ1) is 15.0. The molecule has 1 aliphatic rings. The van der Waals surface area contributed by atoms with Gasteiger partial charge in [0.15, 0.2) is 0 Å². The number of ether oxygens (including phenoxy) is 1. The molecule has 8 heteroatoms. The highest BCUT2D eigenvalue weighted by Gasteiger charge is 2.38. The SMILES string of the molecule is CCC(=O)N(C)C[C@@H]1Oc2cc(C#CCC(C)C)ccc2S(=O)(=O)N([C@H](C)CO)C[C@H]1C. The van der Waals surface area contributed by atoms with Crippen molar-refractivity contribution in [1.82, 2.24) is 9.21 Å². The zero-order chi connectivity index (χ0) is 24.1. The maximum absolute atomic E-state index is 13.5. The van der Waals surface area contributed by atoms with E-state index in [0.29, 0.717) is 24.4 Å². The van der Waals surface area contributed by atoms with Crippen molar-refractivity contribution in [2.45, 2.75) is 64.5 Å². The Bertz CT molecular complexity index is 964. The number of carbonyl (C=O) groups is 1. The lowest BCUT2D eigenvalue weighted by atomic mass is 10.0. The number of carbonyl (C=O) groups excluding carboxylic acids is 1. The normalized spacial score (nSPS) is 21.4. The van der Waals surface area contributed by atoms with E-state index in [9.17, 15) is 18.3 Å². The number of aliphatic hydroxyl groups is 1. The lowest BCUT2D eigenvalue weighted by Crippen LogP contribution is -2.50. The Hall–Kier alpha value is -2.08. The maximum atomic E-state index is 13.5. The molecule has 3 atom stereocenters. The molecule has 7 nitrogen and oxygen atoms in total. The quantitative estimate of drug-likeness (QED) is 0.654. The van der Waals surface area contributed by atoms with E-state index in [0.717, 1.165) is 6.42 Å². The lowest BCUT2D eigenvalue weighted by molar-refractivity contribution is -0.131. The summed E-state index contributed by atoms with van der Waals surface area (Å²) in [4.78, 5) is 13.8. The molecule has 0 unspecified atom stereocenters. The third-order valence-electron chi connectivity index (χ3n) is 5.59. The van der Waals surface area contributed by atoms with Gasteiger partial charge in [-0.3, -0.25) is 4.79 Å². The van der Waals surface area contributed by atoms with E-state index < -0.39 is 22.2 Å². The number of hydrogen-bond donors (Lipinski definition) is 1. The maximum Gasteiger partial charge on any atom is 0.247 e. The highest BCUT2D eigenvalue weighted by molar-refractivity contribution is 7.89. The summed E-state index contributed by atoms with van der Waals surface area (Å²) in [7, 11) is -2.17. The first-order valence-electron chi connectivity index (χ1n) is 11.2. The average Bonchev–Trinajstić information content (AvgIpc) is 2.74. The third kappa shape index (κ3) is 6.25. The molecule has 1 amide bonds. The Morgan fingerprint density at radius 1 is 1.34 bits per heavy atom. The number of amides is 1. The molecule has 0 radical (unpaired) electrons. The molecule has 0 aromatic heterocycles. The second kappa shape index (κ2) is 11.2. The lowest BCUT2D eigenvalue weighted by Gasteiger charge is -2.37. The van der Waals surface area contributed by atoms with Crippen molar-refractivity contribution >= 4 is 15.9 Å². The van der Waals surface area contributed by atoms with Crippen molar-refractivity contribution in [2.24, 2.45) is 11.8 Å². The first kappa shape index (κ1) is 26.2. The highest BCUT2D eigenvalue weighted by atomic mass is 32.2. The van der Waals surface area contributed by atoms with Crippen LogP contribution in [0.25, 0.3) is 0 Å². The fraction of sp³-hybridized carbons (Fsp3) is 0.625. The number of rotatable bonds is 6. The Kier molecular flexibility index (Phi) is 9.14. The summed E-state index contributed by atoms with van der Waals surface area (Å²) in [5, 5.41) is 9.71. The summed E-state index contributed by atoms with van der Waals surface area (Å²) in [6.07, 6.45) is 0.699. The minimum absolute atomic E-state index is 0.00964. The van der Waals surface area contributed by atoms with Gasteiger partial charge in [0.2, 0.25) is 15.9 Å². The molecule has 1 heterocycles. The standard InChI is InChI=1S/C24H36N2O5S/c1-7-24(28)25(6)15-22-18(4)14-26(19(5)16-27)32(29,30)23-12-11-20(13-21(23)31-22)10-8-9-17(2)3/h11-13,17-19,22,27H,7,9,14-16H2,1-6H3/t18-,19-,22+/m1/s1. The second-order valence-corrected chi connectivity index (χ2v) is 10.8. The second-order valence-electron chi connectivity index (χ2n) is 8.93. The molecule has 1 aromatic carbocycles. The molecular weight excluding hydrogens is 428 g/mol. The van der Waals surface area contributed by atoms with E-state index in [1.807, 2.05) is 6.92 Å². The van der Waals surface area contributed by atoms with Gasteiger partial charge in [-0.2, -0.15) is 4.31 Å². The zero-order valence-electron chi connectivity index (χ0n) is 20.0. The average molecular weight is 465 g/mol. The van der Waals surface area contributed by atoms with Gasteiger partial charge in [0.1, 0.15) is 16.7 Å². The molecular formula is C24H36N2O5S. The Morgan fingerprint density at radius 2 is 2.03 bits per heavy atom. The van der Waals surface area contributed by atoms with Crippen LogP contribution in [0, 0.1) is 23.7 Å². The Balaban J connectivity index is 2.55. The van der Waals surface area contributed by atoms with Crippen molar-refractivity contribution in [2.75, 3.05) is 26.7 Å². The molecule has 0 spiro atoms. The van der Waals surface area contributed by atoms with Crippen LogP contribution in [0.3, 0.4) is 0 Å². The summed E-state index contributed by atoms with van der Waals surface area (Å²) < 4.78 is 34.5. The van der Waals surface area contributed by atoms with E-state index in [4.69, 9.17) is 4.74 Å². The van der Waals surface area contributed by atoms with Gasteiger partial charge >= 0.3 is 0 Å². The minimum Gasteiger partial charge on any atom is -0.487 e. The van der Waals surface area contributed by atoms with Crippen LogP contribution >= 0.6 is 0 Å². The number of nitrogens with zero attached hydrogens (tertiary/aromatic N) is 2. The van der Waals surface area contributed by atoms with Crippen LogP contribution in [0.4, 0.5) is 0 Å². The smallest absolute Gasteiger partial charge is 0.247 e. The molecule has 0 fully saturated rings. The molecule has 1 aromatic rings. The third-order valence-corrected chi connectivity index (χ3v) is 7.61. The molecule has 32 heavy (non-hydrogen) atoms. The molecule has 2 rings (SSSR count). The van der Waals surface area contributed by atoms with E-state index >= 15 is 0 Å². The van der Waals surface area contributed by atoms with Crippen molar-refractivity contribution in [3.05, 3.63) is 23.8 Å². The molecule has 1 N–H and O–H groups in total. The molecule has 1 aliphatic heterocycles. The van der Waals surface area contributed by atoms with E-state index in [2.05, 4.69) is 25.7 Å². The van der Waals surface area contributed by atoms with Crippen LogP contribution in [0.5, 0.6) is 5.75 Å². The van der Waals surface area contributed by atoms with Gasteiger partial charge in [0.05, 0.1) is 13.2 Å². The predicted octanol–water partition coefficient (Wildman–Crippen LogP) is 2.72. The van der Waals surface area contributed by atoms with Crippen molar-refractivity contribution < 1.29 is 23.1 Å². The van der Waals surface area contributed by atoms with Gasteiger partial charge in [0.25, 0.3) is 0 Å². The van der Waals surface area contributed by atoms with Crippen LogP contribution in [-0.2, 0) is 14.8 Å². The molecule has 0 bridgehead atoms. The monoisotopic (exact) mass is 464 g/mol. The number of sulfonamides is 1. The fourth-order valence-corrected chi connectivity index (χ4v) is 5.35. The summed E-state index contributed by atoms with van der Waals surface area (Å²) in [6, 6.07) is 4.28. The zero-order valence-corrected chi connectivity index (χ0v) is 20.8.